The van der Waals surface area contributed by atoms with Crippen LogP contribution in [-0.2, 0) is 0 Å². The zero-order valence-electron chi connectivity index (χ0n) is 6.51. The Bertz CT molecular complexity index is 452. The van der Waals surface area contributed by atoms with E-state index in [0.29, 0.717) is 16.5 Å². The minimum atomic E-state index is 0.0115. The number of halogens is 1. The van der Waals surface area contributed by atoms with Gasteiger partial charge in [0.25, 0.3) is 0 Å². The van der Waals surface area contributed by atoms with E-state index in [1.807, 2.05) is 0 Å². The van der Waals surface area contributed by atoms with Crippen molar-refractivity contribution >= 4 is 27.4 Å². The Kier molecular flexibility index (Phi) is 2.05. The highest BCUT2D eigenvalue weighted by molar-refractivity contribution is 9.09. The molecular weight excluding hydrogens is 236 g/mol. The maximum atomic E-state index is 11.3. The predicted molar refractivity (Wildman–Crippen MR) is 48.9 cm³/mol. The van der Waals surface area contributed by atoms with Crippen molar-refractivity contribution in [3.8, 4) is 0 Å². The van der Waals surface area contributed by atoms with E-state index in [0.717, 1.165) is 0 Å². The van der Waals surface area contributed by atoms with Gasteiger partial charge in [0.2, 0.25) is 0 Å². The van der Waals surface area contributed by atoms with Crippen LogP contribution in [0.3, 0.4) is 0 Å². The summed E-state index contributed by atoms with van der Waals surface area (Å²) in [6.07, 6.45) is 1.61. The molecule has 0 aromatic carbocycles. The number of hydrogen-bond donors (Lipinski definition) is 0. The van der Waals surface area contributed by atoms with Crippen LogP contribution in [-0.4, -0.2) is 31.2 Å². The van der Waals surface area contributed by atoms with Crippen LogP contribution in [0, 0.1) is 0 Å². The maximum Gasteiger partial charge on any atom is 0.179 e. The Balaban J connectivity index is 2.54. The minimum Gasteiger partial charge on any atom is -0.293 e. The molecule has 0 amide bonds. The molecule has 66 valence electrons. The van der Waals surface area contributed by atoms with Crippen LogP contribution in [0.2, 0.25) is 0 Å². The smallest absolute Gasteiger partial charge is 0.179 e. The van der Waals surface area contributed by atoms with E-state index in [1.165, 1.54) is 4.52 Å². The monoisotopic (exact) mass is 240 g/mol. The fourth-order valence-corrected chi connectivity index (χ4v) is 1.31. The van der Waals surface area contributed by atoms with Gasteiger partial charge in [0.15, 0.2) is 11.4 Å². The third-order valence-electron chi connectivity index (χ3n) is 1.63. The molecule has 0 bridgehead atoms. The molecule has 13 heavy (non-hydrogen) atoms. The molecule has 0 atom stereocenters. The van der Waals surface area contributed by atoms with Crippen molar-refractivity contribution in [3.05, 3.63) is 23.9 Å². The van der Waals surface area contributed by atoms with Crippen molar-refractivity contribution in [3.63, 3.8) is 0 Å². The van der Waals surface area contributed by atoms with E-state index >= 15 is 0 Å². The number of Topliss-reactive ketones (excluding diaryl/α,β-unsaturated/α-hetero) is 1. The molecule has 0 saturated heterocycles. The average Bonchev–Trinajstić information content (AvgIpc) is 2.63. The topological polar surface area (TPSA) is 60.2 Å². The third kappa shape index (κ3) is 1.44. The molecule has 2 rings (SSSR count). The van der Waals surface area contributed by atoms with Crippen molar-refractivity contribution < 1.29 is 4.79 Å². The molecule has 0 radical (unpaired) electrons. The van der Waals surface area contributed by atoms with Crippen molar-refractivity contribution in [2.45, 2.75) is 0 Å². The number of carbonyl (C=O) groups excluding carboxylic acids is 1. The molecule has 6 heteroatoms. The van der Waals surface area contributed by atoms with Crippen molar-refractivity contribution in [1.29, 1.82) is 0 Å². The summed E-state index contributed by atoms with van der Waals surface area (Å²) in [5.41, 5.74) is 1.22. The first kappa shape index (κ1) is 8.31. The zero-order chi connectivity index (χ0) is 9.26. The molecule has 5 nitrogen and oxygen atoms in total. The summed E-state index contributed by atoms with van der Waals surface area (Å²) in [6, 6.07) is 3.41. The summed E-state index contributed by atoms with van der Waals surface area (Å²) in [5, 5.41) is 11.2. The number of tetrazole rings is 1. The number of rotatable bonds is 2. The summed E-state index contributed by atoms with van der Waals surface area (Å²) in [6.45, 7) is 0. The van der Waals surface area contributed by atoms with Crippen molar-refractivity contribution in [2.24, 2.45) is 0 Å². The van der Waals surface area contributed by atoms with Crippen LogP contribution in [0.5, 0.6) is 0 Å². The van der Waals surface area contributed by atoms with Gasteiger partial charge in [-0.25, -0.2) is 0 Å². The van der Waals surface area contributed by atoms with Gasteiger partial charge in [0.05, 0.1) is 5.33 Å². The van der Waals surface area contributed by atoms with Crippen LogP contribution in [0.4, 0.5) is 0 Å². The fourth-order valence-electron chi connectivity index (χ4n) is 0.983. The minimum absolute atomic E-state index is 0.0115. The molecule has 0 spiro atoms. The van der Waals surface area contributed by atoms with E-state index < -0.39 is 0 Å². The highest BCUT2D eigenvalue weighted by atomic mass is 79.9. The Morgan fingerprint density at radius 1 is 1.54 bits per heavy atom. The standard InChI is InChI=1S/C7H5BrN4O/c8-3-6(13)5-1-2-7-9-10-11-12(7)4-5/h1-2,4H,3H2. The van der Waals surface area contributed by atoms with E-state index in [1.54, 1.807) is 18.3 Å². The molecule has 2 aromatic rings. The number of hydrogen-bond acceptors (Lipinski definition) is 4. The number of ketones is 1. The van der Waals surface area contributed by atoms with Gasteiger partial charge in [0.1, 0.15) is 0 Å². The first-order chi connectivity index (χ1) is 6.31. The Morgan fingerprint density at radius 3 is 3.15 bits per heavy atom. The lowest BCUT2D eigenvalue weighted by Gasteiger charge is -1.95. The largest absolute Gasteiger partial charge is 0.293 e. The van der Waals surface area contributed by atoms with Gasteiger partial charge in [-0.1, -0.05) is 15.9 Å². The summed E-state index contributed by atoms with van der Waals surface area (Å²) in [5.74, 6) is 0.0115. The molecule has 0 aliphatic heterocycles. The molecule has 0 aliphatic carbocycles. The summed E-state index contributed by atoms with van der Waals surface area (Å²) in [7, 11) is 0. The van der Waals surface area contributed by atoms with Crippen LogP contribution < -0.4 is 0 Å². The lowest BCUT2D eigenvalue weighted by atomic mass is 10.2. The number of aromatic nitrogens is 4. The molecular formula is C7H5BrN4O. The molecule has 0 unspecified atom stereocenters. The van der Waals surface area contributed by atoms with Gasteiger partial charge in [0, 0.05) is 11.8 Å². The van der Waals surface area contributed by atoms with Crippen LogP contribution >= 0.6 is 15.9 Å². The Labute approximate surface area is 81.9 Å². The molecule has 0 aliphatic rings. The van der Waals surface area contributed by atoms with Gasteiger partial charge >= 0.3 is 0 Å². The highest BCUT2D eigenvalue weighted by Crippen LogP contribution is 2.04. The number of fused-ring (bicyclic) bond motifs is 1. The first-order valence-electron chi connectivity index (χ1n) is 3.58. The molecule has 0 saturated carbocycles. The van der Waals surface area contributed by atoms with Gasteiger partial charge in [-0.3, -0.25) is 4.79 Å². The van der Waals surface area contributed by atoms with Crippen molar-refractivity contribution in [1.82, 2.24) is 20.0 Å². The summed E-state index contributed by atoms with van der Waals surface area (Å²) >= 11 is 3.10. The van der Waals surface area contributed by atoms with Gasteiger partial charge < -0.3 is 0 Å². The third-order valence-corrected chi connectivity index (χ3v) is 2.14. The molecule has 0 fully saturated rings. The van der Waals surface area contributed by atoms with E-state index in [-0.39, 0.29) is 5.78 Å². The fraction of sp³-hybridized carbons (Fsp3) is 0.143. The van der Waals surface area contributed by atoms with E-state index in [4.69, 9.17) is 0 Å². The van der Waals surface area contributed by atoms with Crippen LogP contribution in [0.15, 0.2) is 18.3 Å². The summed E-state index contributed by atoms with van der Waals surface area (Å²) in [4.78, 5) is 11.3. The normalized spacial score (nSPS) is 10.5. The van der Waals surface area contributed by atoms with Gasteiger partial charge in [-0.05, 0) is 22.6 Å². The van der Waals surface area contributed by atoms with E-state index in [2.05, 4.69) is 31.5 Å². The quantitative estimate of drug-likeness (QED) is 0.573. The Morgan fingerprint density at radius 2 is 2.38 bits per heavy atom. The van der Waals surface area contributed by atoms with E-state index in [9.17, 15) is 4.79 Å². The number of pyridine rings is 1. The number of nitrogens with zero attached hydrogens (tertiary/aromatic N) is 4. The second-order valence-electron chi connectivity index (χ2n) is 2.46. The average molecular weight is 241 g/mol. The SMILES string of the molecule is O=C(CBr)c1ccc2nnnn2c1. The Hall–Kier alpha value is -1.30. The van der Waals surface area contributed by atoms with Crippen molar-refractivity contribution in [2.75, 3.05) is 5.33 Å². The number of alkyl halides is 1. The lowest BCUT2D eigenvalue weighted by molar-refractivity contribution is 0.102. The van der Waals surface area contributed by atoms with Crippen LogP contribution in [0.25, 0.3) is 5.65 Å². The van der Waals surface area contributed by atoms with Gasteiger partial charge in [-0.2, -0.15) is 4.52 Å². The van der Waals surface area contributed by atoms with Gasteiger partial charge in [-0.15, -0.1) is 5.10 Å². The van der Waals surface area contributed by atoms with Crippen LogP contribution in [0.1, 0.15) is 10.4 Å². The lowest BCUT2D eigenvalue weighted by Crippen LogP contribution is -2.02. The zero-order valence-corrected chi connectivity index (χ0v) is 8.10. The highest BCUT2D eigenvalue weighted by Gasteiger charge is 2.05. The molecule has 2 aromatic heterocycles. The number of carbonyl (C=O) groups is 1. The molecule has 0 N–H and O–H groups in total. The molecule has 2 heterocycles. The first-order valence-corrected chi connectivity index (χ1v) is 4.70. The predicted octanol–water partition coefficient (Wildman–Crippen LogP) is 0.702. The maximum absolute atomic E-state index is 11.3. The summed E-state index contributed by atoms with van der Waals surface area (Å²) < 4.78 is 1.47. The second-order valence-corrected chi connectivity index (χ2v) is 3.02. The second kappa shape index (κ2) is 3.21.